The minimum Gasteiger partial charge on any atom is -0.444 e. The molecule has 1 aromatic rings. The molecule has 0 aliphatic carbocycles. The maximum atomic E-state index is 12.5. The van der Waals surface area contributed by atoms with Gasteiger partial charge in [-0.25, -0.2) is 8.42 Å². The molecule has 110 valence electrons. The Hall–Kier alpha value is -0.820. The molecule has 5 nitrogen and oxygen atoms in total. The maximum Gasteiger partial charge on any atom is 0.290 e. The molecule has 3 heterocycles. The van der Waals surface area contributed by atoms with Crippen LogP contribution in [-0.2, 0) is 9.84 Å². The van der Waals surface area contributed by atoms with Gasteiger partial charge in [0.15, 0.2) is 10.4 Å². The normalized spacial score (nSPS) is 29.7. The van der Waals surface area contributed by atoms with Gasteiger partial charge in [0.1, 0.15) is 9.84 Å². The van der Waals surface area contributed by atoms with E-state index in [-0.39, 0.29) is 23.2 Å². The van der Waals surface area contributed by atoms with Crippen molar-refractivity contribution in [2.75, 3.05) is 6.26 Å². The van der Waals surface area contributed by atoms with Crippen LogP contribution in [0.15, 0.2) is 21.2 Å². The van der Waals surface area contributed by atoms with Crippen molar-refractivity contribution < 1.29 is 17.6 Å². The summed E-state index contributed by atoms with van der Waals surface area (Å²) in [5.41, 5.74) is 0. The molecule has 0 N–H and O–H groups in total. The van der Waals surface area contributed by atoms with Gasteiger partial charge in [0.25, 0.3) is 5.91 Å². The molecule has 2 fully saturated rings. The standard InChI is InChI=1S/C13H16BrNO4S/c1-20(17,18)10-6-8-2-3-9(7-10)15(8)13(16)11-4-5-12(14)19-11/h4-5,8-10H,2-3,6-7H2,1H3/t8-,9+,10?. The number of fused-ring (bicyclic) bond motifs is 2. The van der Waals surface area contributed by atoms with Crippen LogP contribution in [0, 0.1) is 0 Å². The van der Waals surface area contributed by atoms with Crippen LogP contribution in [0.3, 0.4) is 0 Å². The predicted molar refractivity (Wildman–Crippen MR) is 77.3 cm³/mol. The second-order valence-corrected chi connectivity index (χ2v) is 8.73. The van der Waals surface area contributed by atoms with Gasteiger partial charge >= 0.3 is 0 Å². The molecule has 2 bridgehead atoms. The molecule has 0 spiro atoms. The number of amides is 1. The van der Waals surface area contributed by atoms with Gasteiger partial charge in [0.05, 0.1) is 5.25 Å². The quantitative estimate of drug-likeness (QED) is 0.809. The van der Waals surface area contributed by atoms with E-state index in [1.807, 2.05) is 4.90 Å². The number of nitrogens with zero attached hydrogens (tertiary/aromatic N) is 1. The average molecular weight is 362 g/mol. The summed E-state index contributed by atoms with van der Waals surface area (Å²) in [7, 11) is -3.03. The van der Waals surface area contributed by atoms with Crippen molar-refractivity contribution in [3.8, 4) is 0 Å². The van der Waals surface area contributed by atoms with E-state index >= 15 is 0 Å². The van der Waals surface area contributed by atoms with E-state index < -0.39 is 9.84 Å². The van der Waals surface area contributed by atoms with Crippen molar-refractivity contribution >= 4 is 31.7 Å². The largest absolute Gasteiger partial charge is 0.444 e. The molecule has 2 saturated heterocycles. The van der Waals surface area contributed by atoms with Crippen LogP contribution in [0.5, 0.6) is 0 Å². The molecule has 3 rings (SSSR count). The molecule has 0 radical (unpaired) electrons. The van der Waals surface area contributed by atoms with Crippen molar-refractivity contribution in [3.05, 3.63) is 22.6 Å². The van der Waals surface area contributed by atoms with Crippen molar-refractivity contribution in [2.24, 2.45) is 0 Å². The molecule has 20 heavy (non-hydrogen) atoms. The maximum absolute atomic E-state index is 12.5. The van der Waals surface area contributed by atoms with E-state index in [0.29, 0.717) is 23.3 Å². The first-order valence-electron chi connectivity index (χ1n) is 6.63. The highest BCUT2D eigenvalue weighted by Gasteiger charge is 2.46. The lowest BCUT2D eigenvalue weighted by molar-refractivity contribution is 0.0564. The Bertz CT molecular complexity index is 625. The Morgan fingerprint density at radius 3 is 2.35 bits per heavy atom. The van der Waals surface area contributed by atoms with E-state index in [1.54, 1.807) is 12.1 Å². The lowest BCUT2D eigenvalue weighted by atomic mass is 10.0. The summed E-state index contributed by atoms with van der Waals surface area (Å²) in [6, 6.07) is 3.38. The minimum atomic E-state index is -3.03. The number of carbonyl (C=O) groups is 1. The van der Waals surface area contributed by atoms with E-state index in [4.69, 9.17) is 4.42 Å². The Morgan fingerprint density at radius 2 is 1.90 bits per heavy atom. The van der Waals surface area contributed by atoms with Crippen molar-refractivity contribution in [1.29, 1.82) is 0 Å². The van der Waals surface area contributed by atoms with E-state index in [2.05, 4.69) is 15.9 Å². The fraction of sp³-hybridized carbons (Fsp3) is 0.615. The second kappa shape index (κ2) is 4.87. The second-order valence-electron chi connectivity index (χ2n) is 5.62. The first-order valence-corrected chi connectivity index (χ1v) is 9.38. The molecule has 3 atom stereocenters. The highest BCUT2D eigenvalue weighted by molar-refractivity contribution is 9.10. The zero-order valence-corrected chi connectivity index (χ0v) is 13.5. The molecule has 1 amide bonds. The van der Waals surface area contributed by atoms with E-state index in [0.717, 1.165) is 12.8 Å². The van der Waals surface area contributed by atoms with Crippen LogP contribution in [0.4, 0.5) is 0 Å². The fourth-order valence-corrected chi connectivity index (χ4v) is 4.81. The van der Waals surface area contributed by atoms with Crippen molar-refractivity contribution in [3.63, 3.8) is 0 Å². The Labute approximate surface area is 126 Å². The minimum absolute atomic E-state index is 0.0184. The van der Waals surface area contributed by atoms with Gasteiger partial charge in [-0.3, -0.25) is 4.79 Å². The van der Waals surface area contributed by atoms with Gasteiger partial charge in [-0.2, -0.15) is 0 Å². The van der Waals surface area contributed by atoms with Gasteiger partial charge in [-0.05, 0) is 53.7 Å². The molecule has 1 aromatic heterocycles. The third-order valence-corrected chi connectivity index (χ3v) is 6.34. The molecule has 7 heteroatoms. The van der Waals surface area contributed by atoms with Gasteiger partial charge in [-0.1, -0.05) is 0 Å². The molecular weight excluding hydrogens is 346 g/mol. The predicted octanol–water partition coefficient (Wildman–Crippen LogP) is 2.22. The SMILES string of the molecule is CS(=O)(=O)C1C[C@H]2CC[C@@H](C1)N2C(=O)c1ccc(Br)o1. The lowest BCUT2D eigenvalue weighted by Crippen LogP contribution is -2.49. The van der Waals surface area contributed by atoms with Crippen LogP contribution in [0.1, 0.15) is 36.2 Å². The summed E-state index contributed by atoms with van der Waals surface area (Å²) in [6.07, 6.45) is 4.14. The number of piperidine rings is 1. The van der Waals surface area contributed by atoms with Gasteiger partial charge in [0.2, 0.25) is 0 Å². The fourth-order valence-electron chi connectivity index (χ4n) is 3.36. The highest BCUT2D eigenvalue weighted by atomic mass is 79.9. The molecule has 0 saturated carbocycles. The molecule has 2 aliphatic heterocycles. The zero-order valence-electron chi connectivity index (χ0n) is 11.1. The Morgan fingerprint density at radius 1 is 1.30 bits per heavy atom. The van der Waals surface area contributed by atoms with Crippen molar-refractivity contribution in [2.45, 2.75) is 43.0 Å². The zero-order chi connectivity index (χ0) is 14.5. The summed E-state index contributed by atoms with van der Waals surface area (Å²) in [5, 5.41) is -0.313. The van der Waals surface area contributed by atoms with Crippen molar-refractivity contribution in [1.82, 2.24) is 4.90 Å². The Balaban J connectivity index is 1.82. The molecule has 0 aromatic carbocycles. The number of hydrogen-bond donors (Lipinski definition) is 0. The van der Waals surface area contributed by atoms with Crippen LogP contribution < -0.4 is 0 Å². The molecular formula is C13H16BrNO4S. The van der Waals surface area contributed by atoms with Crippen LogP contribution in [-0.4, -0.2) is 42.8 Å². The van der Waals surface area contributed by atoms with E-state index in [9.17, 15) is 13.2 Å². The number of furan rings is 1. The first kappa shape index (κ1) is 14.1. The first-order chi connectivity index (χ1) is 9.36. The number of halogens is 1. The number of rotatable bonds is 2. The smallest absolute Gasteiger partial charge is 0.290 e. The third-order valence-electron chi connectivity index (χ3n) is 4.31. The summed E-state index contributed by atoms with van der Waals surface area (Å²) in [6.45, 7) is 0. The van der Waals surface area contributed by atoms with Gasteiger partial charge in [-0.15, -0.1) is 0 Å². The Kier molecular flexibility index (Phi) is 3.44. The van der Waals surface area contributed by atoms with Crippen LogP contribution in [0.2, 0.25) is 0 Å². The number of sulfone groups is 1. The van der Waals surface area contributed by atoms with Crippen LogP contribution in [0.25, 0.3) is 0 Å². The van der Waals surface area contributed by atoms with Crippen LogP contribution >= 0.6 is 15.9 Å². The summed E-state index contributed by atoms with van der Waals surface area (Å²) in [5.74, 6) is 0.182. The summed E-state index contributed by atoms with van der Waals surface area (Å²) >= 11 is 3.19. The summed E-state index contributed by atoms with van der Waals surface area (Å²) < 4.78 is 29.3. The monoisotopic (exact) mass is 361 g/mol. The van der Waals surface area contributed by atoms with Gasteiger partial charge in [0, 0.05) is 18.3 Å². The average Bonchev–Trinajstić information content (AvgIpc) is 2.89. The molecule has 1 unspecified atom stereocenters. The third kappa shape index (κ3) is 2.41. The topological polar surface area (TPSA) is 67.6 Å². The number of hydrogen-bond acceptors (Lipinski definition) is 4. The highest BCUT2D eigenvalue weighted by Crippen LogP contribution is 2.39. The van der Waals surface area contributed by atoms with E-state index in [1.165, 1.54) is 6.26 Å². The summed E-state index contributed by atoms with van der Waals surface area (Å²) in [4.78, 5) is 14.3. The molecule has 2 aliphatic rings. The number of carbonyl (C=O) groups excluding carboxylic acids is 1. The lowest BCUT2D eigenvalue weighted by Gasteiger charge is -2.37. The van der Waals surface area contributed by atoms with Gasteiger partial charge < -0.3 is 9.32 Å².